The monoisotopic (exact) mass is 180 g/mol. The van der Waals surface area contributed by atoms with Gasteiger partial charge in [0.1, 0.15) is 5.76 Å². The van der Waals surface area contributed by atoms with Gasteiger partial charge in [-0.2, -0.15) is 0 Å². The van der Waals surface area contributed by atoms with E-state index in [1.807, 2.05) is 13.8 Å². The van der Waals surface area contributed by atoms with Crippen molar-refractivity contribution in [2.45, 2.75) is 39.7 Å². The van der Waals surface area contributed by atoms with Crippen LogP contribution in [0, 0.1) is 19.3 Å². The van der Waals surface area contributed by atoms with Gasteiger partial charge in [-0.15, -0.1) is 0 Å². The highest BCUT2D eigenvalue weighted by Crippen LogP contribution is 2.58. The first-order valence-electron chi connectivity index (χ1n) is 4.64. The van der Waals surface area contributed by atoms with E-state index in [2.05, 4.69) is 19.0 Å². The van der Waals surface area contributed by atoms with Gasteiger partial charge in [0.15, 0.2) is 0 Å². The third-order valence-electron chi connectivity index (χ3n) is 3.31. The minimum Gasteiger partial charge on any atom is -0.361 e. The zero-order valence-corrected chi connectivity index (χ0v) is 8.59. The number of nitrogens with zero attached hydrogens (tertiary/aromatic N) is 1. The normalized spacial score (nSPS) is 30.5. The lowest BCUT2D eigenvalue weighted by Crippen LogP contribution is -2.06. The van der Waals surface area contributed by atoms with Crippen molar-refractivity contribution >= 4 is 0 Å². The summed E-state index contributed by atoms with van der Waals surface area (Å²) < 4.78 is 5.13. The molecule has 72 valence electrons. The Balaban J connectivity index is 2.39. The molecule has 1 aliphatic rings. The van der Waals surface area contributed by atoms with E-state index >= 15 is 0 Å². The molecule has 1 fully saturated rings. The lowest BCUT2D eigenvalue weighted by Gasteiger charge is -2.00. The predicted octanol–water partition coefficient (Wildman–Crippen LogP) is 1.74. The van der Waals surface area contributed by atoms with E-state index in [9.17, 15) is 0 Å². The minimum atomic E-state index is 0.209. The van der Waals surface area contributed by atoms with Gasteiger partial charge in [0.25, 0.3) is 0 Å². The van der Waals surface area contributed by atoms with Crippen LogP contribution in [0.25, 0.3) is 0 Å². The molecule has 2 atom stereocenters. The minimum absolute atomic E-state index is 0.209. The Hall–Kier alpha value is -0.830. The van der Waals surface area contributed by atoms with Crippen LogP contribution in [0.3, 0.4) is 0 Å². The topological polar surface area (TPSA) is 52.0 Å². The second-order valence-corrected chi connectivity index (χ2v) is 4.56. The number of aromatic nitrogens is 1. The molecular formula is C10H16N2O. The molecule has 0 radical (unpaired) electrons. The highest BCUT2D eigenvalue weighted by atomic mass is 16.5. The van der Waals surface area contributed by atoms with E-state index < -0.39 is 0 Å². The Bertz CT molecular complexity index is 321. The fraction of sp³-hybridized carbons (Fsp3) is 0.700. The van der Waals surface area contributed by atoms with Crippen LogP contribution in [0.15, 0.2) is 4.52 Å². The van der Waals surface area contributed by atoms with Crippen molar-refractivity contribution in [3.05, 3.63) is 17.0 Å². The van der Waals surface area contributed by atoms with Crippen molar-refractivity contribution in [2.24, 2.45) is 11.1 Å². The van der Waals surface area contributed by atoms with E-state index in [-0.39, 0.29) is 11.5 Å². The van der Waals surface area contributed by atoms with Gasteiger partial charge in [-0.1, -0.05) is 19.0 Å². The summed E-state index contributed by atoms with van der Waals surface area (Å²) in [6.07, 6.45) is 0. The molecule has 2 rings (SSSR count). The third-order valence-corrected chi connectivity index (χ3v) is 3.31. The fourth-order valence-electron chi connectivity index (χ4n) is 2.16. The zero-order chi connectivity index (χ0) is 9.80. The molecule has 0 saturated heterocycles. The fourth-order valence-corrected chi connectivity index (χ4v) is 2.16. The summed E-state index contributed by atoms with van der Waals surface area (Å²) in [5.41, 5.74) is 8.42. The van der Waals surface area contributed by atoms with Gasteiger partial charge in [-0.05, 0) is 19.3 Å². The summed E-state index contributed by atoms with van der Waals surface area (Å²) >= 11 is 0. The first kappa shape index (κ1) is 8.75. The van der Waals surface area contributed by atoms with Crippen LogP contribution in [-0.4, -0.2) is 11.2 Å². The molecule has 0 aliphatic heterocycles. The van der Waals surface area contributed by atoms with Crippen LogP contribution in [-0.2, 0) is 0 Å². The lowest BCUT2D eigenvalue weighted by atomic mass is 10.0. The van der Waals surface area contributed by atoms with E-state index in [0.717, 1.165) is 11.5 Å². The number of hydrogen-bond acceptors (Lipinski definition) is 3. The maximum atomic E-state index is 6.00. The molecule has 1 saturated carbocycles. The van der Waals surface area contributed by atoms with E-state index in [0.29, 0.717) is 5.92 Å². The van der Waals surface area contributed by atoms with Crippen LogP contribution in [0.5, 0.6) is 0 Å². The molecule has 0 spiro atoms. The summed E-state index contributed by atoms with van der Waals surface area (Å²) in [4.78, 5) is 0. The van der Waals surface area contributed by atoms with Crippen LogP contribution >= 0.6 is 0 Å². The van der Waals surface area contributed by atoms with Crippen molar-refractivity contribution in [3.63, 3.8) is 0 Å². The largest absolute Gasteiger partial charge is 0.361 e. The summed E-state index contributed by atoms with van der Waals surface area (Å²) in [5.74, 6) is 1.35. The Morgan fingerprint density at radius 2 is 1.92 bits per heavy atom. The van der Waals surface area contributed by atoms with Gasteiger partial charge in [0.2, 0.25) is 0 Å². The number of hydrogen-bond donors (Lipinski definition) is 1. The molecule has 0 bridgehead atoms. The third kappa shape index (κ3) is 1.03. The maximum absolute atomic E-state index is 6.00. The Labute approximate surface area is 78.3 Å². The van der Waals surface area contributed by atoms with Crippen LogP contribution in [0.2, 0.25) is 0 Å². The van der Waals surface area contributed by atoms with Crippen molar-refractivity contribution in [3.8, 4) is 0 Å². The first-order valence-corrected chi connectivity index (χ1v) is 4.64. The summed E-state index contributed by atoms with van der Waals surface area (Å²) in [5, 5.41) is 3.95. The average Bonchev–Trinajstić information content (AvgIpc) is 2.40. The van der Waals surface area contributed by atoms with Crippen molar-refractivity contribution < 1.29 is 4.52 Å². The average molecular weight is 180 g/mol. The molecule has 0 amide bonds. The van der Waals surface area contributed by atoms with Crippen molar-refractivity contribution in [1.82, 2.24) is 5.16 Å². The van der Waals surface area contributed by atoms with Gasteiger partial charge in [0.05, 0.1) is 5.69 Å². The second-order valence-electron chi connectivity index (χ2n) is 4.56. The SMILES string of the molecule is Cc1noc(C)c1[C@H]1[C@H](N)C1(C)C. The Morgan fingerprint density at radius 3 is 2.23 bits per heavy atom. The molecule has 13 heavy (non-hydrogen) atoms. The van der Waals surface area contributed by atoms with Gasteiger partial charge in [-0.25, -0.2) is 0 Å². The zero-order valence-electron chi connectivity index (χ0n) is 8.59. The molecule has 3 heteroatoms. The summed E-state index contributed by atoms with van der Waals surface area (Å²) in [7, 11) is 0. The molecule has 2 N–H and O–H groups in total. The first-order chi connectivity index (χ1) is 5.96. The molecule has 3 nitrogen and oxygen atoms in total. The van der Waals surface area contributed by atoms with E-state index in [4.69, 9.17) is 10.3 Å². The molecule has 0 aromatic carbocycles. The standard InChI is InChI=1S/C10H16N2O/c1-5-7(6(2)13-12-5)8-9(11)10(8,3)4/h8-9H,11H2,1-4H3/t8-,9-/m0/s1. The molecule has 1 aromatic heterocycles. The molecule has 0 unspecified atom stereocenters. The summed E-state index contributed by atoms with van der Waals surface area (Å²) in [6, 6.07) is 0.254. The number of rotatable bonds is 1. The smallest absolute Gasteiger partial charge is 0.137 e. The van der Waals surface area contributed by atoms with Crippen molar-refractivity contribution in [1.29, 1.82) is 0 Å². The molecule has 1 aliphatic carbocycles. The number of nitrogens with two attached hydrogens (primary N) is 1. The lowest BCUT2D eigenvalue weighted by molar-refractivity contribution is 0.392. The quantitative estimate of drug-likeness (QED) is 0.716. The van der Waals surface area contributed by atoms with Crippen LogP contribution < -0.4 is 5.73 Å². The highest BCUT2D eigenvalue weighted by molar-refractivity contribution is 5.38. The molecule has 1 heterocycles. The summed E-state index contributed by atoms with van der Waals surface area (Å²) in [6.45, 7) is 8.31. The van der Waals surface area contributed by atoms with Gasteiger partial charge in [0, 0.05) is 17.5 Å². The molecular weight excluding hydrogens is 164 g/mol. The van der Waals surface area contributed by atoms with E-state index in [1.165, 1.54) is 5.56 Å². The van der Waals surface area contributed by atoms with Gasteiger partial charge < -0.3 is 10.3 Å². The van der Waals surface area contributed by atoms with Gasteiger partial charge >= 0.3 is 0 Å². The van der Waals surface area contributed by atoms with Gasteiger partial charge in [-0.3, -0.25) is 0 Å². The predicted molar refractivity (Wildman–Crippen MR) is 50.5 cm³/mol. The number of aryl methyl sites for hydroxylation is 2. The molecule has 1 aromatic rings. The van der Waals surface area contributed by atoms with Crippen LogP contribution in [0.1, 0.15) is 36.8 Å². The van der Waals surface area contributed by atoms with Crippen LogP contribution in [0.4, 0.5) is 0 Å². The Kier molecular flexibility index (Phi) is 1.58. The second kappa shape index (κ2) is 2.35. The Morgan fingerprint density at radius 1 is 1.38 bits per heavy atom. The van der Waals surface area contributed by atoms with Crippen molar-refractivity contribution in [2.75, 3.05) is 0 Å². The highest BCUT2D eigenvalue weighted by Gasteiger charge is 2.57. The van der Waals surface area contributed by atoms with E-state index in [1.54, 1.807) is 0 Å². The maximum Gasteiger partial charge on any atom is 0.137 e.